The minimum Gasteiger partial charge on any atom is -0.356 e. The Balaban J connectivity index is 1.23. The van der Waals surface area contributed by atoms with E-state index >= 15 is 0 Å². The van der Waals surface area contributed by atoms with Crippen molar-refractivity contribution in [2.75, 3.05) is 26.7 Å². The molecule has 29 heavy (non-hydrogen) atoms. The summed E-state index contributed by atoms with van der Waals surface area (Å²) in [4.78, 5) is 30.8. The van der Waals surface area contributed by atoms with Gasteiger partial charge in [-0.2, -0.15) is 0 Å². The van der Waals surface area contributed by atoms with Gasteiger partial charge >= 0.3 is 0 Å². The molecule has 0 radical (unpaired) electrons. The van der Waals surface area contributed by atoms with Crippen LogP contribution >= 0.6 is 0 Å². The van der Waals surface area contributed by atoms with Crippen LogP contribution < -0.4 is 10.6 Å². The second-order valence-electron chi connectivity index (χ2n) is 7.78. The SMILES string of the molecule is CN=C(NCCc1cc(F)cc(F)c1)NCCN1C(=O)C2C3C=CC(C3)C2C1=O. The van der Waals surface area contributed by atoms with Crippen molar-refractivity contribution in [2.45, 2.75) is 12.8 Å². The monoisotopic (exact) mass is 402 g/mol. The predicted octanol–water partition coefficient (Wildman–Crippen LogP) is 1.48. The lowest BCUT2D eigenvalue weighted by Gasteiger charge is -2.18. The summed E-state index contributed by atoms with van der Waals surface area (Å²) in [6, 6.07) is 3.43. The predicted molar refractivity (Wildman–Crippen MR) is 104 cm³/mol. The van der Waals surface area contributed by atoms with Gasteiger partial charge in [0.05, 0.1) is 11.8 Å². The smallest absolute Gasteiger partial charge is 0.233 e. The third-order valence-electron chi connectivity index (χ3n) is 6.04. The third-order valence-corrected chi connectivity index (χ3v) is 6.04. The number of nitrogens with one attached hydrogen (secondary N) is 2. The standard InChI is InChI=1S/C21H24F2N4O2/c1-24-21(25-5-4-12-8-15(22)11-16(23)9-12)26-6-7-27-19(28)17-13-2-3-14(10-13)18(17)20(27)29/h2-3,8-9,11,13-14,17-18H,4-7,10H2,1H3,(H2,24,25,26). The summed E-state index contributed by atoms with van der Waals surface area (Å²) in [5, 5.41) is 6.14. The van der Waals surface area contributed by atoms with E-state index in [1.807, 2.05) is 0 Å². The Bertz CT molecular complexity index is 835. The Morgan fingerprint density at radius 3 is 2.21 bits per heavy atom. The topological polar surface area (TPSA) is 73.8 Å². The number of hydrogen-bond donors (Lipinski definition) is 2. The highest BCUT2D eigenvalue weighted by Crippen LogP contribution is 2.52. The number of aliphatic imine (C=N–C) groups is 1. The highest BCUT2D eigenvalue weighted by molar-refractivity contribution is 6.06. The zero-order valence-electron chi connectivity index (χ0n) is 16.2. The van der Waals surface area contributed by atoms with Crippen molar-refractivity contribution >= 4 is 17.8 Å². The van der Waals surface area contributed by atoms with Gasteiger partial charge in [-0.15, -0.1) is 0 Å². The van der Waals surface area contributed by atoms with Gasteiger partial charge in [-0.3, -0.25) is 19.5 Å². The molecule has 1 aliphatic heterocycles. The van der Waals surface area contributed by atoms with Crippen LogP contribution in [0.25, 0.3) is 0 Å². The van der Waals surface area contributed by atoms with Crippen LogP contribution in [-0.2, 0) is 16.0 Å². The quantitative estimate of drug-likeness (QED) is 0.327. The van der Waals surface area contributed by atoms with E-state index in [1.54, 1.807) is 7.05 Å². The van der Waals surface area contributed by atoms with E-state index in [2.05, 4.69) is 27.8 Å². The van der Waals surface area contributed by atoms with Gasteiger partial charge in [-0.1, -0.05) is 12.2 Å². The first kappa shape index (κ1) is 19.5. The average molecular weight is 402 g/mol. The number of benzene rings is 1. The molecule has 154 valence electrons. The fraction of sp³-hybridized carbons (Fsp3) is 0.476. The van der Waals surface area contributed by atoms with E-state index in [9.17, 15) is 18.4 Å². The lowest BCUT2D eigenvalue weighted by Crippen LogP contribution is -2.44. The van der Waals surface area contributed by atoms with E-state index in [-0.39, 0.29) is 35.5 Å². The molecule has 1 aromatic carbocycles. The van der Waals surface area contributed by atoms with Gasteiger partial charge in [0, 0.05) is 32.7 Å². The largest absolute Gasteiger partial charge is 0.356 e. The van der Waals surface area contributed by atoms with E-state index in [0.717, 1.165) is 12.5 Å². The zero-order valence-corrected chi connectivity index (χ0v) is 16.2. The van der Waals surface area contributed by atoms with E-state index in [1.165, 1.54) is 17.0 Å². The number of fused-ring (bicyclic) bond motifs is 5. The molecule has 3 aliphatic rings. The molecule has 4 rings (SSSR count). The first-order chi connectivity index (χ1) is 14.0. The second kappa shape index (κ2) is 7.93. The minimum absolute atomic E-state index is 0.0604. The van der Waals surface area contributed by atoms with Crippen LogP contribution in [0.2, 0.25) is 0 Å². The highest BCUT2D eigenvalue weighted by atomic mass is 19.1. The Morgan fingerprint density at radius 2 is 1.62 bits per heavy atom. The fourth-order valence-corrected chi connectivity index (χ4v) is 4.77. The maximum Gasteiger partial charge on any atom is 0.233 e. The van der Waals surface area contributed by atoms with Crippen molar-refractivity contribution in [3.05, 3.63) is 47.5 Å². The molecular formula is C21H24F2N4O2. The van der Waals surface area contributed by atoms with Crippen molar-refractivity contribution in [1.82, 2.24) is 15.5 Å². The Hall–Kier alpha value is -2.77. The summed E-state index contributed by atoms with van der Waals surface area (Å²) in [6.45, 7) is 1.11. The Kier molecular flexibility index (Phi) is 5.34. The lowest BCUT2D eigenvalue weighted by atomic mass is 9.85. The van der Waals surface area contributed by atoms with Crippen molar-refractivity contribution in [2.24, 2.45) is 28.7 Å². The summed E-state index contributed by atoms with van der Waals surface area (Å²) >= 11 is 0. The number of hydrogen-bond acceptors (Lipinski definition) is 3. The van der Waals surface area contributed by atoms with Crippen LogP contribution in [0, 0.1) is 35.3 Å². The number of guanidine groups is 1. The van der Waals surface area contributed by atoms with Crippen molar-refractivity contribution in [1.29, 1.82) is 0 Å². The summed E-state index contributed by atoms with van der Waals surface area (Å²) in [6.07, 6.45) is 5.51. The van der Waals surface area contributed by atoms with Crippen LogP contribution in [0.3, 0.4) is 0 Å². The number of allylic oxidation sites excluding steroid dienone is 2. The minimum atomic E-state index is -0.601. The summed E-state index contributed by atoms with van der Waals surface area (Å²) < 4.78 is 26.5. The van der Waals surface area contributed by atoms with E-state index in [4.69, 9.17) is 0 Å². The van der Waals surface area contributed by atoms with Gasteiger partial charge < -0.3 is 10.6 Å². The van der Waals surface area contributed by atoms with Gasteiger partial charge in [0.25, 0.3) is 0 Å². The molecule has 1 aromatic rings. The van der Waals surface area contributed by atoms with Gasteiger partial charge in [-0.05, 0) is 42.4 Å². The molecule has 4 atom stereocenters. The van der Waals surface area contributed by atoms with Crippen LogP contribution in [0.4, 0.5) is 8.78 Å². The number of amides is 2. The summed E-state index contributed by atoms with van der Waals surface area (Å²) in [5.74, 6) is -0.759. The van der Waals surface area contributed by atoms with Gasteiger partial charge in [0.2, 0.25) is 11.8 Å². The maximum atomic E-state index is 13.2. The number of carbonyl (C=O) groups is 2. The lowest BCUT2D eigenvalue weighted by molar-refractivity contribution is -0.140. The molecule has 0 aromatic heterocycles. The Morgan fingerprint density at radius 1 is 1.03 bits per heavy atom. The molecule has 2 N–H and O–H groups in total. The number of halogens is 2. The molecule has 1 heterocycles. The highest BCUT2D eigenvalue weighted by Gasteiger charge is 2.58. The maximum absolute atomic E-state index is 13.2. The summed E-state index contributed by atoms with van der Waals surface area (Å²) in [5.41, 5.74) is 0.550. The van der Waals surface area contributed by atoms with Crippen LogP contribution in [-0.4, -0.2) is 49.4 Å². The van der Waals surface area contributed by atoms with Crippen LogP contribution in [0.5, 0.6) is 0 Å². The molecule has 1 saturated heterocycles. The normalized spacial score (nSPS) is 27.7. The van der Waals surface area contributed by atoms with Crippen molar-refractivity contribution in [3.8, 4) is 0 Å². The van der Waals surface area contributed by atoms with Gasteiger partial charge in [-0.25, -0.2) is 8.78 Å². The molecule has 4 unspecified atom stereocenters. The first-order valence-corrected chi connectivity index (χ1v) is 9.91. The fourth-order valence-electron chi connectivity index (χ4n) is 4.77. The molecule has 6 nitrogen and oxygen atoms in total. The molecule has 2 bridgehead atoms. The molecule has 2 amide bonds. The average Bonchev–Trinajstić information content (AvgIpc) is 3.35. The number of likely N-dealkylation sites (tertiary alicyclic amines) is 1. The number of nitrogens with zero attached hydrogens (tertiary/aromatic N) is 2. The van der Waals surface area contributed by atoms with Crippen LogP contribution in [0.15, 0.2) is 35.3 Å². The molecule has 1 saturated carbocycles. The summed E-state index contributed by atoms with van der Waals surface area (Å²) in [7, 11) is 1.61. The van der Waals surface area contributed by atoms with Crippen LogP contribution in [0.1, 0.15) is 12.0 Å². The molecule has 0 spiro atoms. The second-order valence-corrected chi connectivity index (χ2v) is 7.78. The number of rotatable bonds is 6. The molecular weight excluding hydrogens is 378 g/mol. The Labute approximate surface area is 168 Å². The van der Waals surface area contributed by atoms with E-state index in [0.29, 0.717) is 37.6 Å². The third kappa shape index (κ3) is 3.75. The van der Waals surface area contributed by atoms with Crippen molar-refractivity contribution < 1.29 is 18.4 Å². The van der Waals surface area contributed by atoms with E-state index < -0.39 is 11.6 Å². The molecule has 8 heteroatoms. The number of imide groups is 1. The first-order valence-electron chi connectivity index (χ1n) is 9.91. The number of carbonyl (C=O) groups excluding carboxylic acids is 2. The van der Waals surface area contributed by atoms with Gasteiger partial charge in [0.15, 0.2) is 5.96 Å². The zero-order chi connectivity index (χ0) is 20.5. The van der Waals surface area contributed by atoms with Crippen molar-refractivity contribution in [3.63, 3.8) is 0 Å². The van der Waals surface area contributed by atoms with Gasteiger partial charge in [0.1, 0.15) is 11.6 Å². The molecule has 2 aliphatic carbocycles. The molecule has 2 fully saturated rings.